The van der Waals surface area contributed by atoms with Gasteiger partial charge >= 0.3 is 12.1 Å². The number of carboxylic acid groups (broad SMARTS) is 1. The Morgan fingerprint density at radius 3 is 2.43 bits per heavy atom. The maximum atomic E-state index is 12.9. The first-order valence-electron chi connectivity index (χ1n) is 5.98. The van der Waals surface area contributed by atoms with Crippen molar-refractivity contribution in [3.63, 3.8) is 0 Å². The van der Waals surface area contributed by atoms with E-state index in [4.69, 9.17) is 5.11 Å². The lowest BCUT2D eigenvalue weighted by Gasteiger charge is -2.06. The minimum Gasteiger partial charge on any atom is -0.477 e. The van der Waals surface area contributed by atoms with Crippen LogP contribution in [0.3, 0.4) is 0 Å². The van der Waals surface area contributed by atoms with Gasteiger partial charge < -0.3 is 15.1 Å². The lowest BCUT2D eigenvalue weighted by Crippen LogP contribution is -2.04. The van der Waals surface area contributed by atoms with Crippen LogP contribution in [0, 0.1) is 0 Å². The van der Waals surface area contributed by atoms with Crippen LogP contribution in [0.1, 0.15) is 16.1 Å². The molecule has 0 aliphatic heterocycles. The van der Waals surface area contributed by atoms with E-state index in [-0.39, 0.29) is 11.1 Å². The molecule has 0 saturated heterocycles. The Morgan fingerprint density at radius 2 is 1.81 bits per heavy atom. The van der Waals surface area contributed by atoms with Crippen molar-refractivity contribution in [1.82, 2.24) is 9.97 Å². The summed E-state index contributed by atoms with van der Waals surface area (Å²) in [5, 5.41) is 8.89. The molecule has 0 aliphatic rings. The highest BCUT2D eigenvalue weighted by Gasteiger charge is 2.32. The van der Waals surface area contributed by atoms with E-state index in [2.05, 4.69) is 9.97 Å². The summed E-state index contributed by atoms with van der Waals surface area (Å²) >= 11 is 0. The molecule has 3 N–H and O–H groups in total. The van der Waals surface area contributed by atoms with Crippen LogP contribution < -0.4 is 0 Å². The molecule has 0 unspecified atom stereocenters. The number of hydrogen-bond donors (Lipinski definition) is 3. The third kappa shape index (κ3) is 2.26. The number of rotatable bonds is 2. The highest BCUT2D eigenvalue weighted by molar-refractivity contribution is 5.90. The Balaban J connectivity index is 2.15. The predicted molar refractivity (Wildman–Crippen MR) is 70.0 cm³/mol. The van der Waals surface area contributed by atoms with E-state index < -0.39 is 17.7 Å². The molecule has 0 bridgehead atoms. The molecule has 0 aliphatic carbocycles. The second-order valence-electron chi connectivity index (χ2n) is 4.54. The minimum atomic E-state index is -4.44. The number of alkyl halides is 3. The average Bonchev–Trinajstić information content (AvgIpc) is 3.03. The summed E-state index contributed by atoms with van der Waals surface area (Å²) in [4.78, 5) is 16.3. The molecule has 0 fully saturated rings. The largest absolute Gasteiger partial charge is 0.477 e. The van der Waals surface area contributed by atoms with Crippen LogP contribution in [0.5, 0.6) is 0 Å². The highest BCUT2D eigenvalue weighted by Crippen LogP contribution is 2.36. The predicted octanol–water partition coefficient (Wildman–Crippen LogP) is 3.88. The van der Waals surface area contributed by atoms with Gasteiger partial charge in [0.2, 0.25) is 0 Å². The van der Waals surface area contributed by atoms with Gasteiger partial charge in [-0.1, -0.05) is 6.07 Å². The molecule has 7 heteroatoms. The molecule has 0 amide bonds. The van der Waals surface area contributed by atoms with Gasteiger partial charge in [-0.15, -0.1) is 0 Å². The van der Waals surface area contributed by atoms with Gasteiger partial charge in [0.05, 0.1) is 17.0 Å². The molecular formula is C14H9F3N2O2. The zero-order valence-corrected chi connectivity index (χ0v) is 10.5. The summed E-state index contributed by atoms with van der Waals surface area (Å²) in [5.41, 5.74) is 0.393. The second kappa shape index (κ2) is 4.41. The number of halogens is 3. The van der Waals surface area contributed by atoms with Crippen molar-refractivity contribution < 1.29 is 23.1 Å². The van der Waals surface area contributed by atoms with E-state index in [1.165, 1.54) is 30.3 Å². The van der Waals surface area contributed by atoms with Crippen molar-refractivity contribution in [3.05, 3.63) is 47.7 Å². The Labute approximate surface area is 116 Å². The molecule has 2 heterocycles. The fourth-order valence-electron chi connectivity index (χ4n) is 2.22. The van der Waals surface area contributed by atoms with Crippen molar-refractivity contribution in [2.24, 2.45) is 0 Å². The Morgan fingerprint density at radius 1 is 1.05 bits per heavy atom. The first kappa shape index (κ1) is 13.3. The summed E-state index contributed by atoms with van der Waals surface area (Å²) in [5.74, 6) is -1.13. The second-order valence-corrected chi connectivity index (χ2v) is 4.54. The number of carboxylic acids is 1. The third-order valence-electron chi connectivity index (χ3n) is 3.18. The molecule has 108 valence electrons. The van der Waals surface area contributed by atoms with Crippen LogP contribution in [-0.4, -0.2) is 21.0 Å². The van der Waals surface area contributed by atoms with Crippen LogP contribution in [0.4, 0.5) is 13.2 Å². The zero-order chi connectivity index (χ0) is 15.2. The van der Waals surface area contributed by atoms with Crippen LogP contribution in [0.15, 0.2) is 36.4 Å². The van der Waals surface area contributed by atoms with E-state index in [0.717, 1.165) is 6.07 Å². The van der Waals surface area contributed by atoms with Crippen LogP contribution in [-0.2, 0) is 6.18 Å². The Bertz CT molecular complexity index is 830. The van der Waals surface area contributed by atoms with Gasteiger partial charge in [-0.3, -0.25) is 0 Å². The smallest absolute Gasteiger partial charge is 0.417 e. The van der Waals surface area contributed by atoms with E-state index in [1.807, 2.05) is 0 Å². The molecule has 3 rings (SSSR count). The number of aromatic nitrogens is 2. The number of nitrogens with one attached hydrogen (secondary N) is 2. The van der Waals surface area contributed by atoms with E-state index >= 15 is 0 Å². The first-order valence-corrected chi connectivity index (χ1v) is 5.98. The lowest BCUT2D eigenvalue weighted by atomic mass is 10.1. The zero-order valence-electron chi connectivity index (χ0n) is 10.5. The quantitative estimate of drug-likeness (QED) is 0.671. The molecule has 0 radical (unpaired) electrons. The van der Waals surface area contributed by atoms with Gasteiger partial charge in [0.25, 0.3) is 0 Å². The highest BCUT2D eigenvalue weighted by atomic mass is 19.4. The summed E-state index contributed by atoms with van der Waals surface area (Å²) in [7, 11) is 0. The summed E-state index contributed by atoms with van der Waals surface area (Å²) < 4.78 is 38.8. The standard InChI is InChI=1S/C14H9F3N2O2/c15-14(16,17)8-2-1-3-9-7(8)6-12(18-9)10-4-5-11(19-10)13(20)21/h1-6,18-19H,(H,20,21). The van der Waals surface area contributed by atoms with Gasteiger partial charge in [-0.05, 0) is 30.3 Å². The maximum Gasteiger partial charge on any atom is 0.417 e. The first-order chi connectivity index (χ1) is 9.86. The topological polar surface area (TPSA) is 68.9 Å². The number of aromatic amines is 2. The normalized spacial score (nSPS) is 12.0. The Hall–Kier alpha value is -2.70. The molecule has 0 atom stereocenters. The molecule has 0 saturated carbocycles. The van der Waals surface area contributed by atoms with Crippen molar-refractivity contribution in [1.29, 1.82) is 0 Å². The van der Waals surface area contributed by atoms with Gasteiger partial charge in [-0.2, -0.15) is 13.2 Å². The fraction of sp³-hybridized carbons (Fsp3) is 0.0714. The number of fused-ring (bicyclic) bond motifs is 1. The molecule has 4 nitrogen and oxygen atoms in total. The average molecular weight is 294 g/mol. The van der Waals surface area contributed by atoms with Gasteiger partial charge in [0.15, 0.2) is 0 Å². The number of benzene rings is 1. The van der Waals surface area contributed by atoms with Gasteiger partial charge in [0, 0.05) is 10.9 Å². The molecule has 0 spiro atoms. The van der Waals surface area contributed by atoms with Crippen molar-refractivity contribution in [3.8, 4) is 11.4 Å². The summed E-state index contributed by atoms with van der Waals surface area (Å²) in [6, 6.07) is 8.08. The van der Waals surface area contributed by atoms with Crippen molar-refractivity contribution >= 4 is 16.9 Å². The van der Waals surface area contributed by atoms with Crippen molar-refractivity contribution in [2.75, 3.05) is 0 Å². The van der Waals surface area contributed by atoms with Crippen molar-refractivity contribution in [2.45, 2.75) is 6.18 Å². The molecular weight excluding hydrogens is 285 g/mol. The number of H-pyrrole nitrogens is 2. The van der Waals surface area contributed by atoms with Crippen LogP contribution in [0.25, 0.3) is 22.3 Å². The maximum absolute atomic E-state index is 12.9. The van der Waals surface area contributed by atoms with Crippen LogP contribution >= 0.6 is 0 Å². The number of aromatic carboxylic acids is 1. The minimum absolute atomic E-state index is 0.0281. The third-order valence-corrected chi connectivity index (χ3v) is 3.18. The fourth-order valence-corrected chi connectivity index (χ4v) is 2.22. The summed E-state index contributed by atoms with van der Waals surface area (Å²) in [6.07, 6.45) is -4.44. The number of carbonyl (C=O) groups is 1. The molecule has 21 heavy (non-hydrogen) atoms. The van der Waals surface area contributed by atoms with E-state index in [0.29, 0.717) is 16.9 Å². The number of hydrogen-bond acceptors (Lipinski definition) is 1. The van der Waals surface area contributed by atoms with Crippen LogP contribution in [0.2, 0.25) is 0 Å². The Kier molecular flexibility index (Phi) is 2.79. The lowest BCUT2D eigenvalue weighted by molar-refractivity contribution is -0.136. The summed E-state index contributed by atoms with van der Waals surface area (Å²) in [6.45, 7) is 0. The SMILES string of the molecule is O=C(O)c1ccc(-c2cc3c(C(F)(F)F)cccc3[nH]2)[nH]1. The van der Waals surface area contributed by atoms with E-state index in [9.17, 15) is 18.0 Å². The van der Waals surface area contributed by atoms with Gasteiger partial charge in [-0.25, -0.2) is 4.79 Å². The van der Waals surface area contributed by atoms with Gasteiger partial charge in [0.1, 0.15) is 5.69 Å². The molecule has 3 aromatic rings. The molecule has 1 aromatic carbocycles. The molecule has 2 aromatic heterocycles. The van der Waals surface area contributed by atoms with E-state index in [1.54, 1.807) is 0 Å². The monoisotopic (exact) mass is 294 g/mol.